The van der Waals surface area contributed by atoms with E-state index in [9.17, 15) is 9.59 Å². The van der Waals surface area contributed by atoms with Crippen LogP contribution < -0.4 is 5.32 Å². The number of thiophene rings is 1. The van der Waals surface area contributed by atoms with Gasteiger partial charge in [0.2, 0.25) is 5.91 Å². The Morgan fingerprint density at radius 2 is 1.91 bits per heavy atom. The van der Waals surface area contributed by atoms with Gasteiger partial charge in [0.1, 0.15) is 11.9 Å². The molecule has 1 saturated heterocycles. The number of methoxy groups -OCH3 is 1. The van der Waals surface area contributed by atoms with Gasteiger partial charge in [-0.1, -0.05) is 32.0 Å². The number of hydrogen-bond acceptors (Lipinski definition) is 6. The highest BCUT2D eigenvalue weighted by Gasteiger charge is 2.42. The number of carbonyl (C=O) groups excluding carboxylic acids is 2. The molecule has 1 aliphatic heterocycles. The summed E-state index contributed by atoms with van der Waals surface area (Å²) in [4.78, 5) is 46.0. The molecular weight excluding hydrogens is 597 g/mol. The predicted octanol–water partition coefficient (Wildman–Crippen LogP) is 7.44. The first-order valence-corrected chi connectivity index (χ1v) is 17.1. The van der Waals surface area contributed by atoms with Gasteiger partial charge < -0.3 is 24.9 Å². The van der Waals surface area contributed by atoms with Crippen molar-refractivity contribution in [1.29, 1.82) is 0 Å². The summed E-state index contributed by atoms with van der Waals surface area (Å²) in [7, 11) is 1.31. The van der Waals surface area contributed by atoms with E-state index in [1.165, 1.54) is 57.5 Å². The Kier molecular flexibility index (Phi) is 7.20. The van der Waals surface area contributed by atoms with Crippen molar-refractivity contribution in [3.63, 3.8) is 0 Å². The molecule has 0 radical (unpaired) electrons. The average Bonchev–Trinajstić information content (AvgIpc) is 3.88. The van der Waals surface area contributed by atoms with Crippen molar-refractivity contribution in [1.82, 2.24) is 30.2 Å². The minimum absolute atomic E-state index is 0.0763. The smallest absolute Gasteiger partial charge is 0.407 e. The molecule has 0 bridgehead atoms. The number of nitrogens with zero attached hydrogens (tertiary/aromatic N) is 3. The van der Waals surface area contributed by atoms with Crippen LogP contribution in [0.15, 0.2) is 55.0 Å². The lowest BCUT2D eigenvalue weighted by molar-refractivity contribution is -0.135. The van der Waals surface area contributed by atoms with E-state index in [4.69, 9.17) is 9.72 Å². The van der Waals surface area contributed by atoms with Gasteiger partial charge in [-0.05, 0) is 102 Å². The molecule has 2 aromatic carbocycles. The summed E-state index contributed by atoms with van der Waals surface area (Å²) in [6.07, 6.45) is 8.42. The van der Waals surface area contributed by atoms with Gasteiger partial charge in [-0.2, -0.15) is 0 Å². The molecule has 10 heteroatoms. The van der Waals surface area contributed by atoms with Crippen LogP contribution in [0, 0.1) is 11.8 Å². The van der Waals surface area contributed by atoms with Gasteiger partial charge in [-0.25, -0.2) is 14.8 Å². The van der Waals surface area contributed by atoms with Crippen LogP contribution >= 0.6 is 11.3 Å². The first-order chi connectivity index (χ1) is 22.4. The number of carbonyl (C=O) groups is 2. The van der Waals surface area contributed by atoms with E-state index in [0.29, 0.717) is 12.5 Å². The summed E-state index contributed by atoms with van der Waals surface area (Å²) in [6.45, 7) is 4.49. The molecule has 9 nitrogen and oxygen atoms in total. The first-order valence-electron chi connectivity index (χ1n) is 16.3. The molecule has 0 spiro atoms. The maximum Gasteiger partial charge on any atom is 0.407 e. The number of alkyl carbamates (subject to hydrolysis) is 1. The number of H-pyrrole nitrogens is 2. The normalized spacial score (nSPS) is 20.9. The molecule has 2 aliphatic carbocycles. The fraction of sp³-hybridized carbons (Fsp3) is 0.389. The minimum Gasteiger partial charge on any atom is -0.453 e. The van der Waals surface area contributed by atoms with Crippen molar-refractivity contribution in [2.24, 2.45) is 11.8 Å². The van der Waals surface area contributed by atoms with Crippen LogP contribution in [0.3, 0.4) is 0 Å². The summed E-state index contributed by atoms with van der Waals surface area (Å²) < 4.78 is 4.79. The minimum atomic E-state index is -0.657. The zero-order chi connectivity index (χ0) is 31.5. The zero-order valence-electron chi connectivity index (χ0n) is 26.3. The summed E-state index contributed by atoms with van der Waals surface area (Å²) in [5.74, 6) is 1.98. The Labute approximate surface area is 271 Å². The third-order valence-corrected chi connectivity index (χ3v) is 11.5. The number of rotatable bonds is 7. The summed E-state index contributed by atoms with van der Waals surface area (Å²) >= 11 is 1.82. The van der Waals surface area contributed by atoms with E-state index < -0.39 is 12.1 Å². The maximum atomic E-state index is 13.6. The highest BCUT2D eigenvalue weighted by Crippen LogP contribution is 2.56. The summed E-state index contributed by atoms with van der Waals surface area (Å²) in [5.41, 5.74) is 9.84. The fourth-order valence-corrected chi connectivity index (χ4v) is 8.84. The lowest BCUT2D eigenvalue weighted by Crippen LogP contribution is -2.51. The quantitative estimate of drug-likeness (QED) is 0.172. The number of hydrogen-bond donors (Lipinski definition) is 3. The van der Waals surface area contributed by atoms with E-state index in [1.54, 1.807) is 6.33 Å². The fourth-order valence-electron chi connectivity index (χ4n) is 7.81. The van der Waals surface area contributed by atoms with Gasteiger partial charge in [-0.3, -0.25) is 4.79 Å². The number of benzene rings is 2. The molecule has 236 valence electrons. The molecule has 1 saturated carbocycles. The predicted molar refractivity (Wildman–Crippen MR) is 179 cm³/mol. The molecule has 46 heavy (non-hydrogen) atoms. The number of ether oxygens (including phenoxy) is 1. The Balaban J connectivity index is 1.11. The topological polar surface area (TPSA) is 116 Å². The number of imidazole rings is 2. The Bertz CT molecular complexity index is 1940. The van der Waals surface area contributed by atoms with E-state index in [1.807, 2.05) is 36.3 Å². The monoisotopic (exact) mass is 634 g/mol. The standard InChI is InChI=1S/C36H38N6O3S/c1-19(2)33(41-36(44)45-3)35(43)42-14-4-5-29(42)34-39-26-11-7-21(16-27(26)40-34)23-9-10-24(25-15-20-6-8-22(20)32(23)25)30-12-13-31(46-30)28-17-37-18-38-28/h7,9-13,16-20,22,29,33H,4-6,8,14-15H2,1-3H3,(H,37,38)(H,39,40)(H,41,44)/t20?,22?,29-,33-/m0/s1. The molecule has 5 aromatic rings. The van der Waals surface area contributed by atoms with Crippen LogP contribution in [0.5, 0.6) is 0 Å². The molecular formula is C36H38N6O3S. The van der Waals surface area contributed by atoms with Crippen molar-refractivity contribution in [2.75, 3.05) is 13.7 Å². The molecule has 2 amide bonds. The Hall–Kier alpha value is -4.44. The zero-order valence-corrected chi connectivity index (χ0v) is 27.1. The van der Waals surface area contributed by atoms with E-state index in [0.717, 1.165) is 47.7 Å². The van der Waals surface area contributed by atoms with Crippen molar-refractivity contribution >= 4 is 34.4 Å². The Morgan fingerprint density at radius 1 is 1.07 bits per heavy atom. The number of likely N-dealkylation sites (tertiary alicyclic amines) is 1. The van der Waals surface area contributed by atoms with Crippen LogP contribution in [-0.4, -0.2) is 56.5 Å². The van der Waals surface area contributed by atoms with Crippen LogP contribution in [0.4, 0.5) is 4.79 Å². The van der Waals surface area contributed by atoms with Crippen LogP contribution in [0.1, 0.15) is 68.4 Å². The van der Waals surface area contributed by atoms with Gasteiger partial charge >= 0.3 is 6.09 Å². The van der Waals surface area contributed by atoms with Crippen LogP contribution in [0.25, 0.3) is 43.2 Å². The number of aromatic nitrogens is 4. The Morgan fingerprint density at radius 3 is 2.67 bits per heavy atom. The number of aromatic amines is 2. The van der Waals surface area contributed by atoms with Gasteiger partial charge in [0.15, 0.2) is 0 Å². The second-order valence-corrected chi connectivity index (χ2v) is 14.3. The van der Waals surface area contributed by atoms with E-state index >= 15 is 0 Å². The van der Waals surface area contributed by atoms with Gasteiger partial charge in [0.05, 0.1) is 47.3 Å². The number of nitrogens with one attached hydrogen (secondary N) is 3. The molecule has 3 aromatic heterocycles. The van der Waals surface area contributed by atoms with Gasteiger partial charge in [0, 0.05) is 11.4 Å². The second-order valence-electron chi connectivity index (χ2n) is 13.2. The lowest BCUT2D eigenvalue weighted by atomic mass is 9.73. The summed E-state index contributed by atoms with van der Waals surface area (Å²) in [6, 6.07) is 14.8. The largest absolute Gasteiger partial charge is 0.453 e. The molecule has 4 heterocycles. The van der Waals surface area contributed by atoms with Crippen molar-refractivity contribution in [3.8, 4) is 32.1 Å². The van der Waals surface area contributed by atoms with Gasteiger partial charge in [-0.15, -0.1) is 11.3 Å². The highest BCUT2D eigenvalue weighted by atomic mass is 32.1. The average molecular weight is 635 g/mol. The van der Waals surface area contributed by atoms with E-state index in [-0.39, 0.29) is 17.9 Å². The van der Waals surface area contributed by atoms with Crippen molar-refractivity contribution in [3.05, 3.63) is 71.9 Å². The van der Waals surface area contributed by atoms with Gasteiger partial charge in [0.25, 0.3) is 0 Å². The molecule has 2 fully saturated rings. The molecule has 2 unspecified atom stereocenters. The maximum absolute atomic E-state index is 13.6. The van der Waals surface area contributed by atoms with Crippen LogP contribution in [0.2, 0.25) is 0 Å². The number of amides is 2. The molecule has 4 atom stereocenters. The highest BCUT2D eigenvalue weighted by molar-refractivity contribution is 7.18. The van der Waals surface area contributed by atoms with Crippen molar-refractivity contribution < 1.29 is 14.3 Å². The second kappa shape index (κ2) is 11.4. The summed E-state index contributed by atoms with van der Waals surface area (Å²) in [5, 5.41) is 2.73. The number of fused-ring (bicyclic) bond motifs is 4. The SMILES string of the molecule is COC(=O)N[C@H](C(=O)N1CCC[C@H]1c1nc2ccc(-c3ccc(-c4ccc(-c5cnc[nH]5)s4)c4c3C3CCC3C4)cc2[nH]1)C(C)C. The third-order valence-electron chi connectivity index (χ3n) is 10.3. The molecule has 3 N–H and O–H groups in total. The van der Waals surface area contributed by atoms with Crippen molar-refractivity contribution in [2.45, 2.75) is 64.0 Å². The molecule has 8 rings (SSSR count). The third kappa shape index (κ3) is 4.81. The lowest BCUT2D eigenvalue weighted by Gasteiger charge is -2.31. The first kappa shape index (κ1) is 29.0. The van der Waals surface area contributed by atoms with Crippen LogP contribution in [-0.2, 0) is 16.0 Å². The van der Waals surface area contributed by atoms with E-state index in [2.05, 4.69) is 62.7 Å². The molecule has 3 aliphatic rings.